The minimum absolute atomic E-state index is 0.283. The number of aromatic nitrogens is 1. The maximum atomic E-state index is 10.7. The van der Waals surface area contributed by atoms with Crippen LogP contribution in [0.25, 0.3) is 0 Å². The van der Waals surface area contributed by atoms with Crippen molar-refractivity contribution in [3.63, 3.8) is 0 Å². The van der Waals surface area contributed by atoms with E-state index in [4.69, 9.17) is 26.2 Å². The molecule has 5 nitrogen and oxygen atoms in total. The standard InChI is InChI=1S/C14H18ClNO4/c1-10(13(17)18)5-4-7-14(19-2,20-3)12-9-11(15)6-8-16-12/h5-6,8-9H,4,7H2,1-3H3,(H,17,18)/b10-5-. The second-order valence-electron chi connectivity index (χ2n) is 4.25. The molecular weight excluding hydrogens is 282 g/mol. The number of aliphatic carboxylic acids is 1. The summed E-state index contributed by atoms with van der Waals surface area (Å²) in [6.07, 6.45) is 4.11. The van der Waals surface area contributed by atoms with Gasteiger partial charge in [0.05, 0.1) is 0 Å². The van der Waals surface area contributed by atoms with E-state index in [0.29, 0.717) is 23.6 Å². The first-order valence-electron chi connectivity index (χ1n) is 6.07. The maximum absolute atomic E-state index is 10.7. The van der Waals surface area contributed by atoms with Crippen molar-refractivity contribution in [1.82, 2.24) is 4.98 Å². The third kappa shape index (κ3) is 4.03. The van der Waals surface area contributed by atoms with Gasteiger partial charge < -0.3 is 14.6 Å². The van der Waals surface area contributed by atoms with E-state index in [1.165, 1.54) is 14.2 Å². The predicted octanol–water partition coefficient (Wildman–Crippen LogP) is 2.99. The Hall–Kier alpha value is -1.43. The highest BCUT2D eigenvalue weighted by atomic mass is 35.5. The van der Waals surface area contributed by atoms with E-state index in [9.17, 15) is 4.79 Å². The highest BCUT2D eigenvalue weighted by molar-refractivity contribution is 6.30. The van der Waals surface area contributed by atoms with Crippen LogP contribution >= 0.6 is 11.6 Å². The van der Waals surface area contributed by atoms with Gasteiger partial charge in [-0.15, -0.1) is 0 Å². The Balaban J connectivity index is 2.93. The number of hydrogen-bond acceptors (Lipinski definition) is 4. The zero-order chi connectivity index (χ0) is 15.2. The molecule has 6 heteroatoms. The van der Waals surface area contributed by atoms with Crippen molar-refractivity contribution in [1.29, 1.82) is 0 Å². The summed E-state index contributed by atoms with van der Waals surface area (Å²) in [5.74, 6) is -1.98. The molecule has 20 heavy (non-hydrogen) atoms. The number of pyridine rings is 1. The molecule has 0 spiro atoms. The maximum Gasteiger partial charge on any atom is 0.330 e. The number of nitrogens with zero attached hydrogens (tertiary/aromatic N) is 1. The molecule has 0 aliphatic rings. The molecule has 1 rings (SSSR count). The number of allylic oxidation sites excluding steroid dienone is 1. The third-order valence-electron chi connectivity index (χ3n) is 3.03. The van der Waals surface area contributed by atoms with E-state index in [-0.39, 0.29) is 5.57 Å². The van der Waals surface area contributed by atoms with Gasteiger partial charge in [-0.25, -0.2) is 4.79 Å². The molecule has 1 N–H and O–H groups in total. The van der Waals surface area contributed by atoms with Crippen LogP contribution in [-0.2, 0) is 20.1 Å². The summed E-state index contributed by atoms with van der Waals surface area (Å²) in [5, 5.41) is 9.35. The molecule has 0 aliphatic heterocycles. The van der Waals surface area contributed by atoms with Crippen LogP contribution < -0.4 is 0 Å². The second kappa shape index (κ2) is 7.38. The van der Waals surface area contributed by atoms with E-state index in [0.717, 1.165) is 0 Å². The monoisotopic (exact) mass is 299 g/mol. The minimum Gasteiger partial charge on any atom is -0.478 e. The van der Waals surface area contributed by atoms with Gasteiger partial charge >= 0.3 is 5.97 Å². The summed E-state index contributed by atoms with van der Waals surface area (Å²) in [6.45, 7) is 1.54. The topological polar surface area (TPSA) is 68.7 Å². The lowest BCUT2D eigenvalue weighted by atomic mass is 10.0. The first kappa shape index (κ1) is 16.6. The van der Waals surface area contributed by atoms with Crippen LogP contribution in [0.5, 0.6) is 0 Å². The number of ether oxygens (including phenoxy) is 2. The van der Waals surface area contributed by atoms with Gasteiger partial charge in [0.2, 0.25) is 5.79 Å². The number of carbonyl (C=O) groups is 1. The Morgan fingerprint density at radius 3 is 2.65 bits per heavy atom. The van der Waals surface area contributed by atoms with Crippen molar-refractivity contribution in [3.8, 4) is 0 Å². The van der Waals surface area contributed by atoms with E-state index in [1.807, 2.05) is 0 Å². The summed E-state index contributed by atoms with van der Waals surface area (Å²) in [4.78, 5) is 15.0. The number of halogens is 1. The van der Waals surface area contributed by atoms with Gasteiger partial charge in [0, 0.05) is 37.4 Å². The number of carboxylic acid groups (broad SMARTS) is 1. The Kier molecular flexibility index (Phi) is 6.13. The minimum atomic E-state index is -1.04. The number of hydrogen-bond donors (Lipinski definition) is 1. The Morgan fingerprint density at radius 1 is 1.50 bits per heavy atom. The molecule has 0 radical (unpaired) electrons. The zero-order valence-electron chi connectivity index (χ0n) is 11.7. The molecule has 1 heterocycles. The first-order chi connectivity index (χ1) is 9.45. The summed E-state index contributed by atoms with van der Waals surface area (Å²) in [6, 6.07) is 3.33. The molecule has 1 aromatic heterocycles. The SMILES string of the molecule is COC(CC/C=C(/C)C(=O)O)(OC)c1cc(Cl)ccn1. The Labute approximate surface area is 123 Å². The molecule has 0 bridgehead atoms. The first-order valence-corrected chi connectivity index (χ1v) is 6.45. The van der Waals surface area contributed by atoms with Crippen molar-refractivity contribution in [3.05, 3.63) is 40.7 Å². The van der Waals surface area contributed by atoms with Crippen molar-refractivity contribution >= 4 is 17.6 Å². The van der Waals surface area contributed by atoms with Gasteiger partial charge in [0.25, 0.3) is 0 Å². The van der Waals surface area contributed by atoms with Crippen molar-refractivity contribution < 1.29 is 19.4 Å². The fourth-order valence-electron chi connectivity index (χ4n) is 1.80. The van der Waals surface area contributed by atoms with Crippen LogP contribution in [0.4, 0.5) is 0 Å². The fourth-order valence-corrected chi connectivity index (χ4v) is 1.96. The van der Waals surface area contributed by atoms with Gasteiger partial charge in [-0.2, -0.15) is 0 Å². The summed E-state index contributed by atoms with van der Waals surface area (Å²) < 4.78 is 10.9. The van der Waals surface area contributed by atoms with Crippen LogP contribution in [0.1, 0.15) is 25.5 Å². The van der Waals surface area contributed by atoms with E-state index < -0.39 is 11.8 Å². The molecule has 0 fully saturated rings. The largest absolute Gasteiger partial charge is 0.478 e. The molecule has 0 aromatic carbocycles. The Bertz CT molecular complexity index is 498. The van der Waals surface area contributed by atoms with Crippen LogP contribution in [0, 0.1) is 0 Å². The quantitative estimate of drug-likeness (QED) is 0.619. The Morgan fingerprint density at radius 2 is 2.15 bits per heavy atom. The van der Waals surface area contributed by atoms with Crippen LogP contribution in [-0.4, -0.2) is 30.3 Å². The second-order valence-corrected chi connectivity index (χ2v) is 4.69. The molecular formula is C14H18ClNO4. The molecule has 0 saturated heterocycles. The number of rotatable bonds is 7. The van der Waals surface area contributed by atoms with Gasteiger partial charge in [0.1, 0.15) is 5.69 Å². The fraction of sp³-hybridized carbons (Fsp3) is 0.429. The number of methoxy groups -OCH3 is 2. The smallest absolute Gasteiger partial charge is 0.330 e. The zero-order valence-corrected chi connectivity index (χ0v) is 12.5. The lowest BCUT2D eigenvalue weighted by Gasteiger charge is -2.30. The van der Waals surface area contributed by atoms with Gasteiger partial charge in [-0.3, -0.25) is 4.98 Å². The predicted molar refractivity (Wildman–Crippen MR) is 75.6 cm³/mol. The molecule has 0 unspecified atom stereocenters. The average Bonchev–Trinajstić information content (AvgIpc) is 2.43. The number of carboxylic acids is 1. The summed E-state index contributed by atoms with van der Waals surface area (Å²) in [7, 11) is 3.03. The lowest BCUT2D eigenvalue weighted by Crippen LogP contribution is -2.31. The molecule has 0 amide bonds. The lowest BCUT2D eigenvalue weighted by molar-refractivity contribution is -0.222. The molecule has 110 valence electrons. The molecule has 1 aromatic rings. The third-order valence-corrected chi connectivity index (χ3v) is 3.27. The highest BCUT2D eigenvalue weighted by Gasteiger charge is 2.33. The molecule has 0 saturated carbocycles. The van der Waals surface area contributed by atoms with Crippen molar-refractivity contribution in [2.24, 2.45) is 0 Å². The summed E-state index contributed by atoms with van der Waals surface area (Å²) >= 11 is 5.95. The van der Waals surface area contributed by atoms with Crippen LogP contribution in [0.2, 0.25) is 5.02 Å². The summed E-state index contributed by atoms with van der Waals surface area (Å²) in [5.41, 5.74) is 0.835. The molecule has 0 atom stereocenters. The van der Waals surface area contributed by atoms with Gasteiger partial charge in [-0.05, 0) is 25.5 Å². The highest BCUT2D eigenvalue weighted by Crippen LogP contribution is 2.31. The van der Waals surface area contributed by atoms with Crippen LogP contribution in [0.15, 0.2) is 30.0 Å². The van der Waals surface area contributed by atoms with Crippen LogP contribution in [0.3, 0.4) is 0 Å². The van der Waals surface area contributed by atoms with E-state index >= 15 is 0 Å². The molecule has 0 aliphatic carbocycles. The van der Waals surface area contributed by atoms with E-state index in [2.05, 4.69) is 4.98 Å². The normalized spacial score (nSPS) is 12.5. The van der Waals surface area contributed by atoms with E-state index in [1.54, 1.807) is 31.3 Å². The van der Waals surface area contributed by atoms with Crippen molar-refractivity contribution in [2.45, 2.75) is 25.6 Å². The van der Waals surface area contributed by atoms with Gasteiger partial charge in [0.15, 0.2) is 0 Å². The van der Waals surface area contributed by atoms with Gasteiger partial charge in [-0.1, -0.05) is 17.7 Å². The average molecular weight is 300 g/mol. The van der Waals surface area contributed by atoms with Crippen molar-refractivity contribution in [2.75, 3.05) is 14.2 Å².